The molecule has 1 aromatic carbocycles. The summed E-state index contributed by atoms with van der Waals surface area (Å²) in [7, 11) is 0. The summed E-state index contributed by atoms with van der Waals surface area (Å²) in [6.07, 6.45) is 2.44. The van der Waals surface area contributed by atoms with Gasteiger partial charge in [0.1, 0.15) is 0 Å². The van der Waals surface area contributed by atoms with Crippen LogP contribution in [-0.2, 0) is 0 Å². The van der Waals surface area contributed by atoms with E-state index in [-0.39, 0.29) is 30.1 Å². The van der Waals surface area contributed by atoms with Gasteiger partial charge in [0.25, 0.3) is 0 Å². The van der Waals surface area contributed by atoms with Gasteiger partial charge in [-0.05, 0) is 56.6 Å². The maximum Gasteiger partial charge on any atom is 0.573 e. The van der Waals surface area contributed by atoms with Gasteiger partial charge >= 0.3 is 6.36 Å². The molecule has 140 valence electrons. The Bertz CT molecular complexity index is 576. The van der Waals surface area contributed by atoms with E-state index in [1.807, 2.05) is 0 Å². The Morgan fingerprint density at radius 3 is 2.16 bits per heavy atom. The molecule has 0 unspecified atom stereocenters. The highest BCUT2D eigenvalue weighted by molar-refractivity contribution is 5.47. The van der Waals surface area contributed by atoms with E-state index in [0.717, 1.165) is 51.4 Å². The first kappa shape index (κ1) is 18.1. The summed E-state index contributed by atoms with van der Waals surface area (Å²) >= 11 is 0. The Labute approximate surface area is 144 Å². The van der Waals surface area contributed by atoms with Crippen molar-refractivity contribution in [3.8, 4) is 17.2 Å². The van der Waals surface area contributed by atoms with Crippen LogP contribution in [0.1, 0.15) is 51.4 Å². The summed E-state index contributed by atoms with van der Waals surface area (Å²) in [4.78, 5) is 0. The fourth-order valence-electron chi connectivity index (χ4n) is 3.51. The van der Waals surface area contributed by atoms with Crippen molar-refractivity contribution >= 4 is 0 Å². The highest BCUT2D eigenvalue weighted by atomic mass is 19.4. The van der Waals surface area contributed by atoms with Crippen molar-refractivity contribution in [2.75, 3.05) is 6.61 Å². The Hall–Kier alpha value is -1.66. The first-order chi connectivity index (χ1) is 11.9. The van der Waals surface area contributed by atoms with E-state index in [1.165, 1.54) is 12.1 Å². The molecule has 2 saturated carbocycles. The van der Waals surface area contributed by atoms with Crippen LogP contribution in [0, 0.1) is 11.7 Å². The summed E-state index contributed by atoms with van der Waals surface area (Å²) < 4.78 is 67.5. The van der Waals surface area contributed by atoms with E-state index in [9.17, 15) is 17.6 Å². The van der Waals surface area contributed by atoms with Crippen molar-refractivity contribution in [2.45, 2.75) is 63.8 Å². The molecule has 0 amide bonds. The summed E-state index contributed by atoms with van der Waals surface area (Å²) in [5, 5.41) is 0. The van der Waals surface area contributed by atoms with Crippen molar-refractivity contribution in [2.24, 2.45) is 5.92 Å². The minimum absolute atomic E-state index is 0.168. The van der Waals surface area contributed by atoms with E-state index >= 15 is 0 Å². The molecule has 0 atom stereocenters. The Morgan fingerprint density at radius 1 is 0.920 bits per heavy atom. The third-order valence-electron chi connectivity index (χ3n) is 4.79. The average molecular weight is 362 g/mol. The molecule has 0 aliphatic heterocycles. The minimum atomic E-state index is -5.00. The molecule has 3 nitrogen and oxygen atoms in total. The molecule has 2 aliphatic rings. The molecule has 0 saturated heterocycles. The fourth-order valence-corrected chi connectivity index (χ4v) is 3.51. The maximum atomic E-state index is 14.6. The van der Waals surface area contributed by atoms with Crippen molar-refractivity contribution in [1.29, 1.82) is 0 Å². The van der Waals surface area contributed by atoms with Gasteiger partial charge in [-0.2, -0.15) is 4.39 Å². The monoisotopic (exact) mass is 362 g/mol. The Kier molecular flexibility index (Phi) is 5.59. The van der Waals surface area contributed by atoms with E-state index < -0.39 is 17.9 Å². The lowest BCUT2D eigenvalue weighted by atomic mass is 10.1. The van der Waals surface area contributed by atoms with E-state index in [0.29, 0.717) is 0 Å². The number of benzene rings is 1. The second-order valence-corrected chi connectivity index (χ2v) is 6.74. The van der Waals surface area contributed by atoms with Crippen LogP contribution in [0.3, 0.4) is 0 Å². The molecule has 25 heavy (non-hydrogen) atoms. The molecule has 0 aromatic heterocycles. The first-order valence-corrected chi connectivity index (χ1v) is 8.80. The third kappa shape index (κ3) is 4.92. The normalized spacial score (nSPS) is 19.4. The average Bonchev–Trinajstić information content (AvgIpc) is 3.22. The largest absolute Gasteiger partial charge is 0.573 e. The molecule has 3 rings (SSSR count). The lowest BCUT2D eigenvalue weighted by Crippen LogP contribution is -2.20. The first-order valence-electron chi connectivity index (χ1n) is 8.80. The van der Waals surface area contributed by atoms with Gasteiger partial charge in [0, 0.05) is 0 Å². The van der Waals surface area contributed by atoms with Gasteiger partial charge in [0.15, 0.2) is 11.5 Å². The third-order valence-corrected chi connectivity index (χ3v) is 4.79. The SMILES string of the molecule is Fc1c(OC2CCCC2)ccc(OCC2CCCC2)c1OC(F)(F)F. The lowest BCUT2D eigenvalue weighted by Gasteiger charge is -2.19. The van der Waals surface area contributed by atoms with Gasteiger partial charge in [0.05, 0.1) is 12.7 Å². The molecule has 0 radical (unpaired) electrons. The standard InChI is InChI=1S/C18H22F4O3/c19-16-14(24-13-7-3-4-8-13)9-10-15(17(16)25-18(20,21)22)23-11-12-5-1-2-6-12/h9-10,12-13H,1-8,11H2. The maximum absolute atomic E-state index is 14.6. The molecule has 0 bridgehead atoms. The van der Waals surface area contributed by atoms with Crippen molar-refractivity contribution < 1.29 is 31.8 Å². The highest BCUT2D eigenvalue weighted by Gasteiger charge is 2.35. The van der Waals surface area contributed by atoms with Crippen LogP contribution in [0.15, 0.2) is 12.1 Å². The van der Waals surface area contributed by atoms with Gasteiger partial charge in [-0.15, -0.1) is 13.2 Å². The lowest BCUT2D eigenvalue weighted by molar-refractivity contribution is -0.276. The van der Waals surface area contributed by atoms with E-state index in [2.05, 4.69) is 4.74 Å². The number of alkyl halides is 3. The molecule has 0 N–H and O–H groups in total. The number of ether oxygens (including phenoxy) is 3. The molecule has 2 aliphatic carbocycles. The van der Waals surface area contributed by atoms with Crippen LogP contribution in [0.4, 0.5) is 17.6 Å². The zero-order valence-electron chi connectivity index (χ0n) is 13.9. The van der Waals surface area contributed by atoms with Crippen LogP contribution in [0.25, 0.3) is 0 Å². The Morgan fingerprint density at radius 2 is 1.52 bits per heavy atom. The topological polar surface area (TPSA) is 27.7 Å². The molecular formula is C18H22F4O3. The number of rotatable bonds is 6. The summed E-state index contributed by atoms with van der Waals surface area (Å²) in [6, 6.07) is 2.62. The van der Waals surface area contributed by atoms with Crippen LogP contribution < -0.4 is 14.2 Å². The fraction of sp³-hybridized carbons (Fsp3) is 0.667. The molecule has 1 aromatic rings. The van der Waals surface area contributed by atoms with Gasteiger partial charge in [-0.25, -0.2) is 0 Å². The molecule has 7 heteroatoms. The van der Waals surface area contributed by atoms with Gasteiger partial charge in [0.2, 0.25) is 11.6 Å². The van der Waals surface area contributed by atoms with E-state index in [4.69, 9.17) is 9.47 Å². The van der Waals surface area contributed by atoms with Crippen molar-refractivity contribution in [3.05, 3.63) is 17.9 Å². The number of hydrogen-bond acceptors (Lipinski definition) is 3. The number of halogens is 4. The quantitative estimate of drug-likeness (QED) is 0.615. The van der Waals surface area contributed by atoms with Crippen LogP contribution in [-0.4, -0.2) is 19.1 Å². The van der Waals surface area contributed by atoms with Gasteiger partial charge < -0.3 is 14.2 Å². The Balaban J connectivity index is 1.78. The molecule has 2 fully saturated rings. The highest BCUT2D eigenvalue weighted by Crippen LogP contribution is 2.41. The second kappa shape index (κ2) is 7.70. The van der Waals surface area contributed by atoms with Gasteiger partial charge in [-0.3, -0.25) is 0 Å². The summed E-state index contributed by atoms with van der Waals surface area (Å²) in [5.41, 5.74) is 0. The van der Waals surface area contributed by atoms with Gasteiger partial charge in [-0.1, -0.05) is 12.8 Å². The predicted octanol–water partition coefficient (Wildman–Crippen LogP) is 5.61. The number of hydrogen-bond donors (Lipinski definition) is 0. The molecule has 0 spiro atoms. The zero-order valence-corrected chi connectivity index (χ0v) is 13.9. The summed E-state index contributed by atoms with van der Waals surface area (Å²) in [5.74, 6) is -2.27. The minimum Gasteiger partial charge on any atom is -0.489 e. The van der Waals surface area contributed by atoms with Crippen molar-refractivity contribution in [3.63, 3.8) is 0 Å². The zero-order chi connectivity index (χ0) is 17.9. The van der Waals surface area contributed by atoms with Crippen LogP contribution in [0.2, 0.25) is 0 Å². The van der Waals surface area contributed by atoms with E-state index in [1.54, 1.807) is 0 Å². The van der Waals surface area contributed by atoms with Crippen LogP contribution in [0.5, 0.6) is 17.2 Å². The summed E-state index contributed by atoms with van der Waals surface area (Å²) in [6.45, 7) is 0.260. The predicted molar refractivity (Wildman–Crippen MR) is 83.4 cm³/mol. The second-order valence-electron chi connectivity index (χ2n) is 6.74. The molecule has 0 heterocycles. The smallest absolute Gasteiger partial charge is 0.489 e. The van der Waals surface area contributed by atoms with Crippen molar-refractivity contribution in [1.82, 2.24) is 0 Å². The van der Waals surface area contributed by atoms with Crippen LogP contribution >= 0.6 is 0 Å². The molecular weight excluding hydrogens is 340 g/mol.